The average Bonchev–Trinajstić information content (AvgIpc) is 3.09. The molecule has 5 heteroatoms. The molecule has 0 radical (unpaired) electrons. The summed E-state index contributed by atoms with van der Waals surface area (Å²) in [6.07, 6.45) is 2.60. The summed E-state index contributed by atoms with van der Waals surface area (Å²) >= 11 is 0. The van der Waals surface area contributed by atoms with Crippen molar-refractivity contribution in [1.29, 1.82) is 0 Å². The summed E-state index contributed by atoms with van der Waals surface area (Å²) in [5.41, 5.74) is 3.40. The molecule has 2 heterocycles. The van der Waals surface area contributed by atoms with Gasteiger partial charge in [0.15, 0.2) is 6.10 Å². The smallest absolute Gasteiger partial charge is 0.300 e. The van der Waals surface area contributed by atoms with E-state index in [0.29, 0.717) is 19.2 Å². The van der Waals surface area contributed by atoms with Crippen LogP contribution in [0.25, 0.3) is 11.1 Å². The number of hydrogen-bond donors (Lipinski definition) is 0. The first kappa shape index (κ1) is 16.4. The van der Waals surface area contributed by atoms with Gasteiger partial charge in [0.2, 0.25) is 0 Å². The van der Waals surface area contributed by atoms with Crippen LogP contribution in [0.4, 0.5) is 0 Å². The van der Waals surface area contributed by atoms with Crippen LogP contribution in [0.15, 0.2) is 65.6 Å². The predicted octanol–water partition coefficient (Wildman–Crippen LogP) is 3.31. The fraction of sp³-hybridized carbons (Fsp3) is 0.238. The minimum atomic E-state index is -0.291. The van der Waals surface area contributed by atoms with Crippen molar-refractivity contribution in [3.05, 3.63) is 76.7 Å². The van der Waals surface area contributed by atoms with Crippen molar-refractivity contribution in [2.75, 3.05) is 6.61 Å². The molecule has 0 unspecified atom stereocenters. The van der Waals surface area contributed by atoms with E-state index in [2.05, 4.69) is 48.3 Å². The lowest BCUT2D eigenvalue weighted by Crippen LogP contribution is -2.23. The number of nitrogens with zero attached hydrogens (tertiary/aromatic N) is 2. The number of benzene rings is 2. The van der Waals surface area contributed by atoms with Crippen molar-refractivity contribution in [2.24, 2.45) is 0 Å². The van der Waals surface area contributed by atoms with Gasteiger partial charge in [-0.1, -0.05) is 43.3 Å². The SMILES string of the molecule is CCc1ccc(-c2ccc(OC[C@@H]3Cn4ccc(=O)nc4O3)cc2)cc1. The van der Waals surface area contributed by atoms with E-state index in [4.69, 9.17) is 9.47 Å². The first-order chi connectivity index (χ1) is 12.7. The normalized spacial score (nSPS) is 15.3. The quantitative estimate of drug-likeness (QED) is 0.710. The van der Waals surface area contributed by atoms with Gasteiger partial charge in [-0.05, 0) is 35.2 Å². The number of ether oxygens (including phenoxy) is 2. The molecule has 132 valence electrons. The first-order valence-corrected chi connectivity index (χ1v) is 8.77. The highest BCUT2D eigenvalue weighted by atomic mass is 16.6. The highest BCUT2D eigenvalue weighted by Crippen LogP contribution is 2.24. The fourth-order valence-corrected chi connectivity index (χ4v) is 3.00. The molecule has 1 atom stereocenters. The third-order valence-electron chi connectivity index (χ3n) is 4.51. The summed E-state index contributed by atoms with van der Waals surface area (Å²) < 4.78 is 13.3. The molecule has 26 heavy (non-hydrogen) atoms. The number of rotatable bonds is 5. The maximum absolute atomic E-state index is 11.3. The number of hydrogen-bond acceptors (Lipinski definition) is 4. The molecule has 1 aliphatic rings. The molecule has 0 N–H and O–H groups in total. The van der Waals surface area contributed by atoms with Gasteiger partial charge in [0.05, 0.1) is 6.54 Å². The van der Waals surface area contributed by atoms with Crippen molar-refractivity contribution in [3.63, 3.8) is 0 Å². The molecule has 4 rings (SSSR count). The molecule has 0 fully saturated rings. The maximum atomic E-state index is 11.3. The van der Waals surface area contributed by atoms with Gasteiger partial charge in [0, 0.05) is 12.3 Å². The Morgan fingerprint density at radius 3 is 2.46 bits per heavy atom. The van der Waals surface area contributed by atoms with E-state index < -0.39 is 0 Å². The highest BCUT2D eigenvalue weighted by molar-refractivity contribution is 5.64. The average molecular weight is 348 g/mol. The van der Waals surface area contributed by atoms with Gasteiger partial charge in [0.1, 0.15) is 12.4 Å². The molecule has 0 amide bonds. The Kier molecular flexibility index (Phi) is 4.44. The van der Waals surface area contributed by atoms with Crippen molar-refractivity contribution >= 4 is 0 Å². The Bertz CT molecular complexity index is 946. The largest absolute Gasteiger partial charge is 0.490 e. The standard InChI is InChI=1S/C21H20N2O3/c1-2-15-3-5-16(6-4-15)17-7-9-18(10-8-17)25-14-19-13-23-12-11-20(24)22-21(23)26-19/h3-12,19H,2,13-14H2,1H3/t19-/m0/s1. The topological polar surface area (TPSA) is 53.4 Å². The minimum Gasteiger partial charge on any atom is -0.490 e. The van der Waals surface area contributed by atoms with Gasteiger partial charge < -0.3 is 9.47 Å². The second kappa shape index (κ2) is 7.04. The zero-order valence-electron chi connectivity index (χ0n) is 14.6. The van der Waals surface area contributed by atoms with E-state index in [9.17, 15) is 4.79 Å². The summed E-state index contributed by atoms with van der Waals surface area (Å²) in [5, 5.41) is 0. The molecule has 0 saturated carbocycles. The van der Waals surface area contributed by atoms with Gasteiger partial charge in [-0.3, -0.25) is 9.36 Å². The van der Waals surface area contributed by atoms with Crippen LogP contribution in [0, 0.1) is 0 Å². The zero-order valence-corrected chi connectivity index (χ0v) is 14.6. The van der Waals surface area contributed by atoms with Gasteiger partial charge in [0.25, 0.3) is 11.6 Å². The summed E-state index contributed by atoms with van der Waals surface area (Å²) in [5.74, 6) is 0.793. The Hall–Kier alpha value is -3.08. The second-order valence-electron chi connectivity index (χ2n) is 6.33. The van der Waals surface area contributed by atoms with Gasteiger partial charge >= 0.3 is 0 Å². The predicted molar refractivity (Wildman–Crippen MR) is 99.7 cm³/mol. The maximum Gasteiger partial charge on any atom is 0.300 e. The van der Waals surface area contributed by atoms with Crippen molar-refractivity contribution in [2.45, 2.75) is 26.0 Å². The minimum absolute atomic E-state index is 0.148. The highest BCUT2D eigenvalue weighted by Gasteiger charge is 2.23. The summed E-state index contributed by atoms with van der Waals surface area (Å²) in [6.45, 7) is 3.19. The Labute approximate surface area is 151 Å². The fourth-order valence-electron chi connectivity index (χ4n) is 3.00. The lowest BCUT2D eigenvalue weighted by molar-refractivity contribution is 0.143. The van der Waals surface area contributed by atoms with Crippen LogP contribution < -0.4 is 15.0 Å². The lowest BCUT2D eigenvalue weighted by atomic mass is 10.0. The third kappa shape index (κ3) is 3.47. The molecule has 0 spiro atoms. The Balaban J connectivity index is 1.37. The molecular formula is C21H20N2O3. The van der Waals surface area contributed by atoms with E-state index in [0.717, 1.165) is 17.7 Å². The van der Waals surface area contributed by atoms with E-state index in [1.807, 2.05) is 16.7 Å². The van der Waals surface area contributed by atoms with E-state index >= 15 is 0 Å². The molecule has 1 aliphatic heterocycles. The summed E-state index contributed by atoms with van der Waals surface area (Å²) in [6, 6.07) is 18.4. The van der Waals surface area contributed by atoms with Crippen molar-refractivity contribution in [3.8, 4) is 22.9 Å². The van der Waals surface area contributed by atoms with Crippen LogP contribution >= 0.6 is 0 Å². The number of fused-ring (bicyclic) bond motifs is 1. The number of aromatic nitrogens is 2. The van der Waals surface area contributed by atoms with Gasteiger partial charge in [-0.25, -0.2) is 0 Å². The molecule has 5 nitrogen and oxygen atoms in total. The van der Waals surface area contributed by atoms with E-state index in [1.54, 1.807) is 6.20 Å². The Morgan fingerprint density at radius 2 is 1.77 bits per heavy atom. The first-order valence-electron chi connectivity index (χ1n) is 8.77. The van der Waals surface area contributed by atoms with Crippen LogP contribution in [-0.2, 0) is 13.0 Å². The van der Waals surface area contributed by atoms with Crippen LogP contribution in [0.3, 0.4) is 0 Å². The Morgan fingerprint density at radius 1 is 1.08 bits per heavy atom. The van der Waals surface area contributed by atoms with Gasteiger partial charge in [-0.15, -0.1) is 0 Å². The molecule has 0 bridgehead atoms. The molecule has 1 aromatic heterocycles. The number of aryl methyl sites for hydroxylation is 1. The van der Waals surface area contributed by atoms with Crippen molar-refractivity contribution in [1.82, 2.24) is 9.55 Å². The molecular weight excluding hydrogens is 328 g/mol. The third-order valence-corrected chi connectivity index (χ3v) is 4.51. The molecule has 0 aliphatic carbocycles. The monoisotopic (exact) mass is 348 g/mol. The van der Waals surface area contributed by atoms with E-state index in [-0.39, 0.29) is 11.7 Å². The zero-order chi connectivity index (χ0) is 17.9. The van der Waals surface area contributed by atoms with E-state index in [1.165, 1.54) is 17.2 Å². The van der Waals surface area contributed by atoms with Gasteiger partial charge in [-0.2, -0.15) is 4.98 Å². The summed E-state index contributed by atoms with van der Waals surface area (Å²) in [4.78, 5) is 15.1. The van der Waals surface area contributed by atoms with Crippen LogP contribution in [0.1, 0.15) is 12.5 Å². The summed E-state index contributed by atoms with van der Waals surface area (Å²) in [7, 11) is 0. The lowest BCUT2D eigenvalue weighted by Gasteiger charge is -2.11. The molecule has 0 saturated heterocycles. The van der Waals surface area contributed by atoms with Crippen LogP contribution in [0.5, 0.6) is 11.8 Å². The second-order valence-corrected chi connectivity index (χ2v) is 6.33. The van der Waals surface area contributed by atoms with Crippen LogP contribution in [0.2, 0.25) is 0 Å². The van der Waals surface area contributed by atoms with Crippen LogP contribution in [-0.4, -0.2) is 22.3 Å². The molecule has 2 aromatic carbocycles. The molecule has 3 aromatic rings. The van der Waals surface area contributed by atoms with Crippen molar-refractivity contribution < 1.29 is 9.47 Å².